The van der Waals surface area contributed by atoms with Crippen molar-refractivity contribution >= 4 is 11.3 Å². The number of hydrogen-bond acceptors (Lipinski definition) is 5. The first-order valence-corrected chi connectivity index (χ1v) is 5.25. The van der Waals surface area contributed by atoms with Crippen LogP contribution in [0.3, 0.4) is 0 Å². The monoisotopic (exact) mass is 209 g/mol. The molecule has 2 aromatic rings. The normalized spacial score (nSPS) is 13.0. The molecule has 0 saturated heterocycles. The number of tetrazole rings is 1. The Morgan fingerprint density at radius 3 is 3.07 bits per heavy atom. The molecule has 0 saturated carbocycles. The van der Waals surface area contributed by atoms with Gasteiger partial charge in [0.05, 0.1) is 11.7 Å². The molecule has 2 aromatic heterocycles. The largest absolute Gasteiger partial charge is 0.311 e. The fourth-order valence-corrected chi connectivity index (χ4v) is 1.77. The van der Waals surface area contributed by atoms with E-state index in [0.29, 0.717) is 0 Å². The molecule has 1 atom stereocenters. The molecule has 0 fully saturated rings. The van der Waals surface area contributed by atoms with E-state index in [1.165, 1.54) is 0 Å². The van der Waals surface area contributed by atoms with Gasteiger partial charge in [0, 0.05) is 5.38 Å². The Labute approximate surface area is 85.8 Å². The predicted octanol–water partition coefficient (Wildman–Crippen LogP) is 1.00. The lowest BCUT2D eigenvalue weighted by Gasteiger charge is -2.08. The van der Waals surface area contributed by atoms with Gasteiger partial charge in [-0.15, -0.1) is 5.10 Å². The maximum absolute atomic E-state index is 3.99. The number of rotatable bonds is 3. The van der Waals surface area contributed by atoms with Gasteiger partial charge in [0.25, 0.3) is 0 Å². The van der Waals surface area contributed by atoms with Crippen LogP contribution in [0.15, 0.2) is 16.8 Å². The lowest BCUT2D eigenvalue weighted by atomic mass is 10.3. The highest BCUT2D eigenvalue weighted by Gasteiger charge is 2.13. The molecule has 0 spiro atoms. The molecule has 0 radical (unpaired) electrons. The summed E-state index contributed by atoms with van der Waals surface area (Å²) in [7, 11) is 1.89. The van der Waals surface area contributed by atoms with Gasteiger partial charge in [-0.3, -0.25) is 0 Å². The topological polar surface area (TPSA) is 55.6 Å². The Kier molecular flexibility index (Phi) is 2.55. The maximum Gasteiger partial charge on any atom is 0.173 e. The van der Waals surface area contributed by atoms with Crippen molar-refractivity contribution < 1.29 is 0 Å². The zero-order valence-electron chi connectivity index (χ0n) is 8.01. The highest BCUT2D eigenvalue weighted by atomic mass is 32.1. The van der Waals surface area contributed by atoms with Crippen LogP contribution in [0.4, 0.5) is 0 Å². The molecule has 0 amide bonds. The van der Waals surface area contributed by atoms with E-state index in [4.69, 9.17) is 0 Å². The number of aromatic nitrogens is 4. The molecule has 2 heterocycles. The molecule has 0 aromatic carbocycles. The first-order chi connectivity index (χ1) is 6.83. The van der Waals surface area contributed by atoms with E-state index in [1.807, 2.05) is 30.8 Å². The average Bonchev–Trinajstić information content (AvgIpc) is 2.85. The highest BCUT2D eigenvalue weighted by Crippen LogP contribution is 2.15. The van der Waals surface area contributed by atoms with Gasteiger partial charge in [-0.2, -0.15) is 16.0 Å². The molecule has 1 N–H and O–H groups in total. The van der Waals surface area contributed by atoms with Crippen molar-refractivity contribution in [1.82, 2.24) is 25.5 Å². The molecule has 1 unspecified atom stereocenters. The van der Waals surface area contributed by atoms with Crippen LogP contribution in [0.25, 0.3) is 5.69 Å². The van der Waals surface area contributed by atoms with E-state index in [9.17, 15) is 0 Å². The molecule has 5 nitrogen and oxygen atoms in total. The lowest BCUT2D eigenvalue weighted by molar-refractivity contribution is 0.589. The van der Waals surface area contributed by atoms with Crippen molar-refractivity contribution in [3.05, 3.63) is 22.7 Å². The first kappa shape index (κ1) is 9.29. The van der Waals surface area contributed by atoms with E-state index < -0.39 is 0 Å². The maximum atomic E-state index is 3.99. The van der Waals surface area contributed by atoms with Gasteiger partial charge in [-0.05, 0) is 35.8 Å². The van der Waals surface area contributed by atoms with Crippen molar-refractivity contribution in [2.45, 2.75) is 13.0 Å². The molecular weight excluding hydrogens is 198 g/mol. The minimum atomic E-state index is 0.143. The summed E-state index contributed by atoms with van der Waals surface area (Å²) in [4.78, 5) is 0. The molecule has 6 heteroatoms. The Morgan fingerprint density at radius 1 is 1.57 bits per heavy atom. The second-order valence-electron chi connectivity index (χ2n) is 2.94. The van der Waals surface area contributed by atoms with Gasteiger partial charge in [0.1, 0.15) is 0 Å². The van der Waals surface area contributed by atoms with E-state index in [-0.39, 0.29) is 6.04 Å². The second kappa shape index (κ2) is 3.85. The number of nitrogens with zero attached hydrogens (tertiary/aromatic N) is 4. The minimum absolute atomic E-state index is 0.143. The summed E-state index contributed by atoms with van der Waals surface area (Å²) in [6, 6.07) is 2.14. The van der Waals surface area contributed by atoms with Gasteiger partial charge in [0.2, 0.25) is 0 Å². The van der Waals surface area contributed by atoms with Crippen molar-refractivity contribution in [1.29, 1.82) is 0 Å². The van der Waals surface area contributed by atoms with Crippen LogP contribution in [-0.4, -0.2) is 27.3 Å². The first-order valence-electron chi connectivity index (χ1n) is 4.31. The van der Waals surface area contributed by atoms with Gasteiger partial charge < -0.3 is 5.32 Å². The third-order valence-electron chi connectivity index (χ3n) is 2.06. The standard InChI is InChI=1S/C8H11N5S/c1-6(9-2)8-10-11-12-13(8)7-3-4-14-5-7/h3-6,9H,1-2H3. The van der Waals surface area contributed by atoms with E-state index in [1.54, 1.807) is 16.0 Å². The van der Waals surface area contributed by atoms with Crippen LogP contribution < -0.4 is 5.32 Å². The van der Waals surface area contributed by atoms with Gasteiger partial charge in [-0.25, -0.2) is 0 Å². The highest BCUT2D eigenvalue weighted by molar-refractivity contribution is 7.08. The Hall–Kier alpha value is -1.27. The van der Waals surface area contributed by atoms with Gasteiger partial charge in [0.15, 0.2) is 5.82 Å². The summed E-state index contributed by atoms with van der Waals surface area (Å²) >= 11 is 1.63. The third kappa shape index (κ3) is 1.53. The number of thiophene rings is 1. The minimum Gasteiger partial charge on any atom is -0.311 e. The summed E-state index contributed by atoms with van der Waals surface area (Å²) in [5, 5.41) is 18.7. The predicted molar refractivity (Wildman–Crippen MR) is 54.5 cm³/mol. The number of hydrogen-bond donors (Lipinski definition) is 1. The van der Waals surface area contributed by atoms with Crippen molar-refractivity contribution in [3.63, 3.8) is 0 Å². The molecule has 74 valence electrons. The van der Waals surface area contributed by atoms with E-state index >= 15 is 0 Å². The van der Waals surface area contributed by atoms with E-state index in [2.05, 4.69) is 20.8 Å². The smallest absolute Gasteiger partial charge is 0.173 e. The molecule has 0 aliphatic heterocycles. The number of nitrogens with one attached hydrogen (secondary N) is 1. The van der Waals surface area contributed by atoms with Crippen LogP contribution in [0.1, 0.15) is 18.8 Å². The van der Waals surface area contributed by atoms with Crippen LogP contribution >= 0.6 is 11.3 Å². The molecule has 14 heavy (non-hydrogen) atoms. The average molecular weight is 209 g/mol. The summed E-state index contributed by atoms with van der Waals surface area (Å²) in [5.74, 6) is 0.825. The van der Waals surface area contributed by atoms with Crippen LogP contribution in [0.5, 0.6) is 0 Å². The molecule has 0 aliphatic carbocycles. The zero-order chi connectivity index (χ0) is 9.97. The van der Waals surface area contributed by atoms with E-state index in [0.717, 1.165) is 11.5 Å². The quantitative estimate of drug-likeness (QED) is 0.819. The second-order valence-corrected chi connectivity index (χ2v) is 3.72. The van der Waals surface area contributed by atoms with Gasteiger partial charge in [-0.1, -0.05) is 0 Å². The molecule has 0 aliphatic rings. The fraction of sp³-hybridized carbons (Fsp3) is 0.375. The molecule has 0 bridgehead atoms. The Balaban J connectivity index is 2.40. The zero-order valence-corrected chi connectivity index (χ0v) is 8.82. The van der Waals surface area contributed by atoms with Crippen LogP contribution in [-0.2, 0) is 0 Å². The third-order valence-corrected chi connectivity index (χ3v) is 2.74. The van der Waals surface area contributed by atoms with Crippen LogP contribution in [0, 0.1) is 0 Å². The Morgan fingerprint density at radius 2 is 2.43 bits per heavy atom. The van der Waals surface area contributed by atoms with Crippen molar-refractivity contribution in [3.8, 4) is 5.69 Å². The SMILES string of the molecule is CNC(C)c1nnnn1-c1ccsc1. The van der Waals surface area contributed by atoms with Gasteiger partial charge >= 0.3 is 0 Å². The Bertz CT molecular complexity index is 394. The molecule has 2 rings (SSSR count). The van der Waals surface area contributed by atoms with Crippen molar-refractivity contribution in [2.24, 2.45) is 0 Å². The van der Waals surface area contributed by atoms with Crippen molar-refractivity contribution in [2.75, 3.05) is 7.05 Å². The fourth-order valence-electron chi connectivity index (χ4n) is 1.15. The summed E-state index contributed by atoms with van der Waals surface area (Å²) in [6.45, 7) is 2.02. The van der Waals surface area contributed by atoms with Crippen LogP contribution in [0.2, 0.25) is 0 Å². The summed E-state index contributed by atoms with van der Waals surface area (Å²) in [5.41, 5.74) is 1.01. The lowest BCUT2D eigenvalue weighted by Crippen LogP contribution is -2.17. The summed E-state index contributed by atoms with van der Waals surface area (Å²) < 4.78 is 1.75. The molecular formula is C8H11N5S. The summed E-state index contributed by atoms with van der Waals surface area (Å²) in [6.07, 6.45) is 0.